The number of nitrogens with zero attached hydrogens (tertiary/aromatic N) is 4. The molecule has 3 rings (SSSR count). The molecule has 0 aliphatic rings. The number of hydrogen-bond donors (Lipinski definition) is 2. The monoisotopic (exact) mass is 368 g/mol. The summed E-state index contributed by atoms with van der Waals surface area (Å²) < 4.78 is 3.82. The zero-order chi connectivity index (χ0) is 18.5. The number of nitrogens with one attached hydrogen (secondary N) is 2. The van der Waals surface area contributed by atoms with Gasteiger partial charge in [0.1, 0.15) is 0 Å². The normalized spacial score (nSPS) is 10.7. The van der Waals surface area contributed by atoms with Gasteiger partial charge in [-0.2, -0.15) is 10.2 Å². The molecule has 0 bridgehead atoms. The Hall–Kier alpha value is -2.67. The van der Waals surface area contributed by atoms with E-state index in [-0.39, 0.29) is 0 Å². The molecule has 0 saturated carbocycles. The standard InChI is InChI=1S/C19H24N6S/c1-4-24-12-17(15(3)23-24)9-20-19(26)22-18-10-21-25(13-18)11-16-7-5-14(2)6-8-16/h5-8,10,12-13H,4,9,11H2,1-3H3,(H2,20,22,26). The topological polar surface area (TPSA) is 59.7 Å². The molecular weight excluding hydrogens is 344 g/mol. The number of rotatable bonds is 6. The minimum Gasteiger partial charge on any atom is -0.358 e. The maximum Gasteiger partial charge on any atom is 0.171 e. The Morgan fingerprint density at radius 1 is 1.12 bits per heavy atom. The molecule has 0 fully saturated rings. The van der Waals surface area contributed by atoms with E-state index in [1.54, 1.807) is 6.20 Å². The van der Waals surface area contributed by atoms with Crippen molar-refractivity contribution in [2.45, 2.75) is 40.4 Å². The molecule has 0 spiro atoms. The van der Waals surface area contributed by atoms with Crippen LogP contribution in [0.4, 0.5) is 5.69 Å². The predicted molar refractivity (Wildman–Crippen MR) is 108 cm³/mol. The lowest BCUT2D eigenvalue weighted by atomic mass is 10.1. The van der Waals surface area contributed by atoms with Crippen LogP contribution in [0.2, 0.25) is 0 Å². The predicted octanol–water partition coefficient (Wildman–Crippen LogP) is 3.25. The highest BCUT2D eigenvalue weighted by atomic mass is 32.1. The summed E-state index contributed by atoms with van der Waals surface area (Å²) in [4.78, 5) is 0. The van der Waals surface area contributed by atoms with Crippen molar-refractivity contribution in [3.05, 3.63) is 65.2 Å². The molecule has 136 valence electrons. The molecule has 0 saturated heterocycles. The molecule has 6 nitrogen and oxygen atoms in total. The van der Waals surface area contributed by atoms with Gasteiger partial charge in [0, 0.05) is 31.0 Å². The van der Waals surface area contributed by atoms with E-state index in [0.717, 1.165) is 30.0 Å². The lowest BCUT2D eigenvalue weighted by Crippen LogP contribution is -2.27. The second-order valence-electron chi connectivity index (χ2n) is 6.32. The Morgan fingerprint density at radius 3 is 2.58 bits per heavy atom. The summed E-state index contributed by atoms with van der Waals surface area (Å²) in [5.41, 5.74) is 5.51. The highest BCUT2D eigenvalue weighted by Crippen LogP contribution is 2.10. The van der Waals surface area contributed by atoms with Crippen LogP contribution in [-0.2, 0) is 19.6 Å². The van der Waals surface area contributed by atoms with E-state index >= 15 is 0 Å². The second kappa shape index (κ2) is 8.14. The van der Waals surface area contributed by atoms with E-state index in [2.05, 4.69) is 58.9 Å². The van der Waals surface area contributed by atoms with E-state index in [9.17, 15) is 0 Å². The van der Waals surface area contributed by atoms with Crippen molar-refractivity contribution >= 4 is 23.0 Å². The van der Waals surface area contributed by atoms with E-state index in [4.69, 9.17) is 12.2 Å². The number of benzene rings is 1. The summed E-state index contributed by atoms with van der Waals surface area (Å²) in [7, 11) is 0. The lowest BCUT2D eigenvalue weighted by Gasteiger charge is -2.08. The summed E-state index contributed by atoms with van der Waals surface area (Å²) >= 11 is 5.38. The van der Waals surface area contributed by atoms with Crippen molar-refractivity contribution in [3.63, 3.8) is 0 Å². The molecule has 0 aliphatic carbocycles. The van der Waals surface area contributed by atoms with Crippen molar-refractivity contribution in [2.24, 2.45) is 0 Å². The largest absolute Gasteiger partial charge is 0.358 e. The van der Waals surface area contributed by atoms with Crippen LogP contribution in [-0.4, -0.2) is 24.7 Å². The van der Waals surface area contributed by atoms with Crippen molar-refractivity contribution < 1.29 is 0 Å². The first-order valence-electron chi connectivity index (χ1n) is 8.69. The van der Waals surface area contributed by atoms with Crippen LogP contribution in [0.15, 0.2) is 42.9 Å². The third-order valence-electron chi connectivity index (χ3n) is 4.17. The van der Waals surface area contributed by atoms with E-state index in [1.807, 2.05) is 28.7 Å². The molecular formula is C19H24N6S. The third-order valence-corrected chi connectivity index (χ3v) is 4.41. The Balaban J connectivity index is 1.52. The minimum absolute atomic E-state index is 0.573. The van der Waals surface area contributed by atoms with Crippen molar-refractivity contribution in [1.82, 2.24) is 24.9 Å². The van der Waals surface area contributed by atoms with Gasteiger partial charge in [-0.1, -0.05) is 29.8 Å². The van der Waals surface area contributed by atoms with Crippen LogP contribution in [0, 0.1) is 13.8 Å². The maximum absolute atomic E-state index is 5.38. The van der Waals surface area contributed by atoms with Crippen LogP contribution < -0.4 is 10.6 Å². The Morgan fingerprint density at radius 2 is 1.88 bits per heavy atom. The quantitative estimate of drug-likeness (QED) is 0.654. The molecule has 3 aromatic rings. The van der Waals surface area contributed by atoms with Crippen molar-refractivity contribution in [2.75, 3.05) is 5.32 Å². The summed E-state index contributed by atoms with van der Waals surface area (Å²) in [6.07, 6.45) is 5.78. The highest BCUT2D eigenvalue weighted by molar-refractivity contribution is 7.80. The van der Waals surface area contributed by atoms with Gasteiger partial charge in [0.15, 0.2) is 5.11 Å². The Kier molecular flexibility index (Phi) is 5.68. The Bertz CT molecular complexity index is 878. The first-order valence-corrected chi connectivity index (χ1v) is 9.10. The van der Waals surface area contributed by atoms with Gasteiger partial charge < -0.3 is 10.6 Å². The van der Waals surface area contributed by atoms with Gasteiger partial charge in [-0.25, -0.2) is 0 Å². The molecule has 2 N–H and O–H groups in total. The molecule has 0 unspecified atom stereocenters. The molecule has 0 amide bonds. The SMILES string of the molecule is CCn1cc(CNC(=S)Nc2cnn(Cc3ccc(C)cc3)c2)c(C)n1. The number of anilines is 1. The zero-order valence-corrected chi connectivity index (χ0v) is 16.2. The molecule has 0 radical (unpaired) electrons. The average Bonchev–Trinajstić information content (AvgIpc) is 3.21. The summed E-state index contributed by atoms with van der Waals surface area (Å²) in [6, 6.07) is 8.46. The minimum atomic E-state index is 0.573. The van der Waals surface area contributed by atoms with E-state index < -0.39 is 0 Å². The van der Waals surface area contributed by atoms with Gasteiger partial charge in [0.2, 0.25) is 0 Å². The zero-order valence-electron chi connectivity index (χ0n) is 15.4. The number of aryl methyl sites for hydroxylation is 3. The highest BCUT2D eigenvalue weighted by Gasteiger charge is 2.06. The molecule has 7 heteroatoms. The van der Waals surface area contributed by atoms with Gasteiger partial charge in [0.05, 0.1) is 24.1 Å². The van der Waals surface area contributed by atoms with Gasteiger partial charge >= 0.3 is 0 Å². The maximum atomic E-state index is 5.38. The first-order chi connectivity index (χ1) is 12.5. The van der Waals surface area contributed by atoms with Crippen LogP contribution in [0.5, 0.6) is 0 Å². The lowest BCUT2D eigenvalue weighted by molar-refractivity contribution is 0.653. The number of hydrogen-bond acceptors (Lipinski definition) is 3. The molecule has 0 atom stereocenters. The van der Waals surface area contributed by atoms with Gasteiger partial charge in [-0.3, -0.25) is 9.36 Å². The fraction of sp³-hybridized carbons (Fsp3) is 0.316. The average molecular weight is 369 g/mol. The van der Waals surface area contributed by atoms with Gasteiger partial charge in [-0.15, -0.1) is 0 Å². The van der Waals surface area contributed by atoms with Gasteiger partial charge in [-0.05, 0) is 38.6 Å². The Labute approximate surface area is 159 Å². The molecule has 26 heavy (non-hydrogen) atoms. The van der Waals surface area contributed by atoms with Crippen LogP contribution >= 0.6 is 12.2 Å². The number of thiocarbonyl (C=S) groups is 1. The summed E-state index contributed by atoms with van der Waals surface area (Å²) in [5.74, 6) is 0. The molecule has 2 heterocycles. The first kappa shape index (κ1) is 18.1. The molecule has 2 aromatic heterocycles. The van der Waals surface area contributed by atoms with Crippen LogP contribution in [0.3, 0.4) is 0 Å². The second-order valence-corrected chi connectivity index (χ2v) is 6.72. The summed E-state index contributed by atoms with van der Waals surface area (Å²) in [5, 5.41) is 15.8. The fourth-order valence-corrected chi connectivity index (χ4v) is 2.83. The summed E-state index contributed by atoms with van der Waals surface area (Å²) in [6.45, 7) is 8.41. The molecule has 0 aliphatic heterocycles. The van der Waals surface area contributed by atoms with Gasteiger partial charge in [0.25, 0.3) is 0 Å². The van der Waals surface area contributed by atoms with Crippen molar-refractivity contribution in [1.29, 1.82) is 0 Å². The van der Waals surface area contributed by atoms with Crippen molar-refractivity contribution in [3.8, 4) is 0 Å². The van der Waals surface area contributed by atoms with Crippen LogP contribution in [0.1, 0.15) is 29.3 Å². The van der Waals surface area contributed by atoms with Crippen LogP contribution in [0.25, 0.3) is 0 Å². The van der Waals surface area contributed by atoms with E-state index in [0.29, 0.717) is 11.7 Å². The molecule has 1 aromatic carbocycles. The number of aromatic nitrogens is 4. The third kappa shape index (κ3) is 4.70. The van der Waals surface area contributed by atoms with E-state index in [1.165, 1.54) is 11.1 Å². The fourth-order valence-electron chi connectivity index (χ4n) is 2.64. The smallest absolute Gasteiger partial charge is 0.171 e.